The molecule has 1 saturated carbocycles. The van der Waals surface area contributed by atoms with Crippen LogP contribution in [0.2, 0.25) is 0 Å². The van der Waals surface area contributed by atoms with Gasteiger partial charge in [-0.3, -0.25) is 24.3 Å². The molecule has 1 aliphatic heterocycles. The Hall–Kier alpha value is -3.35. The minimum absolute atomic E-state index is 0.0730. The number of pyridine rings is 1. The topological polar surface area (TPSA) is 158 Å². The van der Waals surface area contributed by atoms with E-state index in [9.17, 15) is 27.9 Å². The predicted molar refractivity (Wildman–Crippen MR) is 186 cm³/mol. The van der Waals surface area contributed by atoms with E-state index in [0.717, 1.165) is 37.5 Å². The van der Waals surface area contributed by atoms with E-state index >= 15 is 0 Å². The third-order valence-electron chi connectivity index (χ3n) is 9.95. The molecule has 11 nitrogen and oxygen atoms in total. The van der Waals surface area contributed by atoms with Gasteiger partial charge in [-0.05, 0) is 83.4 Å². The largest absolute Gasteiger partial charge is 0.390 e. The minimum Gasteiger partial charge on any atom is -0.390 e. The van der Waals surface area contributed by atoms with Gasteiger partial charge in [0.25, 0.3) is 5.91 Å². The van der Waals surface area contributed by atoms with Crippen LogP contribution in [-0.2, 0) is 25.8 Å². The molecule has 1 aromatic heterocycles. The maximum Gasteiger partial charge on any atom is 0.252 e. The van der Waals surface area contributed by atoms with Gasteiger partial charge in [-0.25, -0.2) is 8.42 Å². The number of aliphatic hydroxyl groups excluding tert-OH is 1. The molecular formula is C36H53N5O6S. The highest BCUT2D eigenvalue weighted by Crippen LogP contribution is 2.39. The number of β-amino-alcohol motifs (C(OH)–C–C–N with tert-alkyl or cyclic N) is 1. The van der Waals surface area contributed by atoms with Gasteiger partial charge in [0.1, 0.15) is 6.04 Å². The molecule has 264 valence electrons. The molecule has 2 aromatic rings. The molecule has 48 heavy (non-hydrogen) atoms. The molecule has 2 heterocycles. The first kappa shape index (κ1) is 37.5. The number of amides is 3. The summed E-state index contributed by atoms with van der Waals surface area (Å²) in [5, 5.41) is 20.6. The van der Waals surface area contributed by atoms with E-state index in [0.29, 0.717) is 24.8 Å². The number of nitrogens with one attached hydrogen (secondary N) is 3. The fourth-order valence-corrected chi connectivity index (χ4v) is 7.49. The Morgan fingerprint density at radius 2 is 1.58 bits per heavy atom. The number of hydrogen-bond donors (Lipinski definition) is 4. The molecule has 2 fully saturated rings. The first-order chi connectivity index (χ1) is 22.5. The minimum atomic E-state index is -3.86. The van der Waals surface area contributed by atoms with Crippen molar-refractivity contribution in [1.82, 2.24) is 25.8 Å². The number of sulfone groups is 1. The summed E-state index contributed by atoms with van der Waals surface area (Å²) in [4.78, 5) is 46.9. The summed E-state index contributed by atoms with van der Waals surface area (Å²) in [6.45, 7) is 9.44. The van der Waals surface area contributed by atoms with Crippen LogP contribution in [0.4, 0.5) is 0 Å². The lowest BCUT2D eigenvalue weighted by Crippen LogP contribution is -2.64. The Morgan fingerprint density at radius 3 is 2.19 bits per heavy atom. The van der Waals surface area contributed by atoms with Crippen LogP contribution < -0.4 is 16.0 Å². The van der Waals surface area contributed by atoms with Crippen molar-refractivity contribution in [3.8, 4) is 0 Å². The molecule has 0 unspecified atom stereocenters. The second-order valence-corrected chi connectivity index (χ2v) is 17.7. The molecule has 2 aliphatic rings. The number of rotatable bonds is 12. The van der Waals surface area contributed by atoms with Crippen molar-refractivity contribution in [3.63, 3.8) is 0 Å². The summed E-state index contributed by atoms with van der Waals surface area (Å²) in [6, 6.07) is 9.57. The Morgan fingerprint density at radius 1 is 0.958 bits per heavy atom. The molecule has 6 atom stereocenters. The van der Waals surface area contributed by atoms with E-state index in [1.807, 2.05) is 51.1 Å². The van der Waals surface area contributed by atoms with Crippen LogP contribution in [0.3, 0.4) is 0 Å². The number of carbonyl (C=O) groups is 3. The van der Waals surface area contributed by atoms with Crippen molar-refractivity contribution in [2.45, 2.75) is 108 Å². The maximum absolute atomic E-state index is 14.1. The number of aromatic nitrogens is 1. The van der Waals surface area contributed by atoms with Crippen LogP contribution in [0, 0.1) is 11.8 Å². The van der Waals surface area contributed by atoms with Gasteiger partial charge in [0.15, 0.2) is 9.84 Å². The van der Waals surface area contributed by atoms with Crippen LogP contribution in [0.25, 0.3) is 0 Å². The van der Waals surface area contributed by atoms with Crippen molar-refractivity contribution in [2.24, 2.45) is 11.8 Å². The Balaban J connectivity index is 1.63. The van der Waals surface area contributed by atoms with Gasteiger partial charge in [0.05, 0.1) is 22.9 Å². The maximum atomic E-state index is 14.1. The highest BCUT2D eigenvalue weighted by molar-refractivity contribution is 7.92. The van der Waals surface area contributed by atoms with Crippen molar-refractivity contribution in [3.05, 3.63) is 66.0 Å². The molecule has 0 bridgehead atoms. The molecular weight excluding hydrogens is 630 g/mol. The molecule has 1 aromatic carbocycles. The summed E-state index contributed by atoms with van der Waals surface area (Å²) in [7, 11) is -3.86. The highest BCUT2D eigenvalue weighted by atomic mass is 32.2. The summed E-state index contributed by atoms with van der Waals surface area (Å²) in [5.74, 6) is -0.560. The number of carbonyl (C=O) groups excluding carboxylic acids is 3. The molecule has 0 spiro atoms. The summed E-state index contributed by atoms with van der Waals surface area (Å²) >= 11 is 0. The van der Waals surface area contributed by atoms with Crippen LogP contribution in [0.15, 0.2) is 54.9 Å². The van der Waals surface area contributed by atoms with Gasteiger partial charge in [-0.2, -0.15) is 0 Å². The number of benzene rings is 1. The van der Waals surface area contributed by atoms with Crippen LogP contribution >= 0.6 is 0 Å². The van der Waals surface area contributed by atoms with Gasteiger partial charge in [0.2, 0.25) is 11.8 Å². The summed E-state index contributed by atoms with van der Waals surface area (Å²) < 4.78 is 24.2. The van der Waals surface area contributed by atoms with Crippen molar-refractivity contribution >= 4 is 27.6 Å². The Labute approximate surface area is 285 Å². The number of piperidine rings is 1. The molecule has 0 radical (unpaired) electrons. The van der Waals surface area contributed by atoms with E-state index in [1.165, 1.54) is 38.4 Å². The van der Waals surface area contributed by atoms with Gasteiger partial charge >= 0.3 is 0 Å². The van der Waals surface area contributed by atoms with Crippen LogP contribution in [0.1, 0.15) is 82.6 Å². The number of nitrogens with zero attached hydrogens (tertiary/aromatic N) is 2. The van der Waals surface area contributed by atoms with E-state index in [2.05, 4.69) is 25.8 Å². The normalized spacial score (nSPS) is 22.4. The fourth-order valence-electron chi connectivity index (χ4n) is 6.90. The quantitative estimate of drug-likeness (QED) is 0.266. The van der Waals surface area contributed by atoms with Crippen molar-refractivity contribution in [2.75, 3.05) is 19.3 Å². The standard InChI is InChI=1S/C36H53N5O6S/c1-35(2,3)40-33(44)29-21-26-14-10-11-15-27(26)22-41(29)23-30(42)28(20-24-12-8-7-9-13-24)38-34(45)31(36(4,5)48(6,46)47)39-32(43)25-16-18-37-19-17-25/h7-9,12-13,16-19,26-31,42H,10-11,14-15,20-23H2,1-6H3,(H,38,45)(H,39,43)(H,40,44)/t26-,27+,28-,29-,30+,31+/m0/s1. The third kappa shape index (κ3) is 9.63. The smallest absolute Gasteiger partial charge is 0.252 e. The Bertz CT molecular complexity index is 1510. The third-order valence-corrected chi connectivity index (χ3v) is 12.1. The lowest BCUT2D eigenvalue weighted by molar-refractivity contribution is -0.133. The fraction of sp³-hybridized carbons (Fsp3) is 0.611. The van der Waals surface area contributed by atoms with Crippen LogP contribution in [-0.4, -0.2) is 95.0 Å². The lowest BCUT2D eigenvalue weighted by atomic mass is 9.72. The van der Waals surface area contributed by atoms with Crippen LogP contribution in [0.5, 0.6) is 0 Å². The predicted octanol–water partition coefficient (Wildman–Crippen LogP) is 2.89. The first-order valence-corrected chi connectivity index (χ1v) is 18.8. The second kappa shape index (κ2) is 15.5. The van der Waals surface area contributed by atoms with E-state index in [1.54, 1.807) is 0 Å². The number of aliphatic hydroxyl groups is 1. The summed E-state index contributed by atoms with van der Waals surface area (Å²) in [5.41, 5.74) is 0.657. The van der Waals surface area contributed by atoms with Gasteiger partial charge < -0.3 is 21.1 Å². The molecule has 1 aliphatic carbocycles. The van der Waals surface area contributed by atoms with Gasteiger partial charge in [-0.1, -0.05) is 49.6 Å². The van der Waals surface area contributed by atoms with Gasteiger partial charge in [0, 0.05) is 42.8 Å². The van der Waals surface area contributed by atoms with E-state index in [4.69, 9.17) is 0 Å². The van der Waals surface area contributed by atoms with Gasteiger partial charge in [-0.15, -0.1) is 0 Å². The first-order valence-electron chi connectivity index (χ1n) is 16.9. The second-order valence-electron chi connectivity index (χ2n) is 15.1. The zero-order valence-electron chi connectivity index (χ0n) is 29.1. The number of hydrogen-bond acceptors (Lipinski definition) is 8. The zero-order valence-corrected chi connectivity index (χ0v) is 29.9. The molecule has 1 saturated heterocycles. The average Bonchev–Trinajstić information content (AvgIpc) is 3.02. The SMILES string of the molecule is CC(C)(C)NC(=O)[C@@H]1C[C@@H]2CCCC[C@@H]2CN1C[C@@H](O)[C@H](Cc1ccccc1)NC(=O)[C@@H](NC(=O)c1ccncc1)C(C)(C)S(C)(=O)=O. The van der Waals surface area contributed by atoms with Crippen molar-refractivity contribution < 1.29 is 27.9 Å². The molecule has 3 amide bonds. The Kier molecular flexibility index (Phi) is 12.1. The number of likely N-dealkylation sites (tertiary alicyclic amines) is 1. The lowest BCUT2D eigenvalue weighted by Gasteiger charge is -2.47. The average molecular weight is 684 g/mol. The van der Waals surface area contributed by atoms with E-state index in [-0.39, 0.29) is 24.4 Å². The summed E-state index contributed by atoms with van der Waals surface area (Å²) in [6.07, 6.45) is 8.21. The highest BCUT2D eigenvalue weighted by Gasteiger charge is 2.46. The molecule has 4 N–H and O–H groups in total. The monoisotopic (exact) mass is 683 g/mol. The van der Waals surface area contributed by atoms with E-state index < -0.39 is 56.2 Å². The number of fused-ring (bicyclic) bond motifs is 1. The molecule has 12 heteroatoms. The zero-order chi connectivity index (χ0) is 35.3. The molecule has 4 rings (SSSR count). The van der Waals surface area contributed by atoms with Crippen molar-refractivity contribution in [1.29, 1.82) is 0 Å².